The number of rotatable bonds is 5. The second kappa shape index (κ2) is 7.93. The molecule has 1 aromatic heterocycles. The van der Waals surface area contributed by atoms with Gasteiger partial charge < -0.3 is 10.6 Å². The molecule has 2 aromatic carbocycles. The van der Waals surface area contributed by atoms with E-state index in [1.807, 2.05) is 12.1 Å². The Kier molecular flexibility index (Phi) is 5.43. The summed E-state index contributed by atoms with van der Waals surface area (Å²) in [6.07, 6.45) is 0. The molecule has 1 heterocycles. The first kappa shape index (κ1) is 17.8. The number of benzene rings is 2. The molecular weight excluding hydrogens is 355 g/mol. The summed E-state index contributed by atoms with van der Waals surface area (Å²) in [5, 5.41) is 6.42. The van der Waals surface area contributed by atoms with Gasteiger partial charge in [-0.2, -0.15) is 0 Å². The Labute approximate surface area is 155 Å². The molecule has 0 radical (unpaired) electrons. The van der Waals surface area contributed by atoms with Gasteiger partial charge in [0.05, 0.1) is 0 Å². The van der Waals surface area contributed by atoms with Crippen LogP contribution in [-0.4, -0.2) is 15.9 Å². The minimum Gasteiger partial charge on any atom is -0.347 e. The quantitative estimate of drug-likeness (QED) is 0.704. The van der Waals surface area contributed by atoms with Crippen LogP contribution in [0, 0.1) is 12.7 Å². The molecule has 0 atom stereocenters. The van der Waals surface area contributed by atoms with Crippen LogP contribution in [0.5, 0.6) is 0 Å². The van der Waals surface area contributed by atoms with Crippen molar-refractivity contribution in [2.24, 2.45) is 0 Å². The van der Waals surface area contributed by atoms with Crippen LogP contribution >= 0.6 is 11.6 Å². The number of aryl methyl sites for hydroxylation is 1. The fourth-order valence-corrected chi connectivity index (χ4v) is 2.46. The molecule has 0 aliphatic rings. The van der Waals surface area contributed by atoms with Crippen molar-refractivity contribution < 1.29 is 9.18 Å². The first-order valence-corrected chi connectivity index (χ1v) is 8.28. The molecule has 0 unspecified atom stereocenters. The van der Waals surface area contributed by atoms with E-state index in [-0.39, 0.29) is 17.4 Å². The summed E-state index contributed by atoms with van der Waals surface area (Å²) in [6, 6.07) is 14.7. The van der Waals surface area contributed by atoms with Crippen LogP contribution < -0.4 is 10.6 Å². The van der Waals surface area contributed by atoms with Crippen LogP contribution in [0.15, 0.2) is 54.6 Å². The maximum Gasteiger partial charge on any atom is 0.270 e. The van der Waals surface area contributed by atoms with E-state index in [9.17, 15) is 9.18 Å². The van der Waals surface area contributed by atoms with E-state index in [0.29, 0.717) is 28.9 Å². The second-order valence-corrected chi connectivity index (χ2v) is 6.07. The number of carbonyl (C=O) groups is 1. The number of nitrogens with zero attached hydrogens (tertiary/aromatic N) is 2. The molecule has 26 heavy (non-hydrogen) atoms. The van der Waals surface area contributed by atoms with Gasteiger partial charge in [0.15, 0.2) is 0 Å². The summed E-state index contributed by atoms with van der Waals surface area (Å²) in [7, 11) is 0. The summed E-state index contributed by atoms with van der Waals surface area (Å²) >= 11 is 5.85. The third-order valence-corrected chi connectivity index (χ3v) is 3.79. The standard InChI is InChI=1S/C19H16ClFN4O/c1-12-23-17(19(26)22-11-13-5-7-14(20)8-6-13)10-18(24-12)25-16-4-2-3-15(21)9-16/h2-10H,11H2,1H3,(H,22,26)(H,23,24,25). The number of amides is 1. The van der Waals surface area contributed by atoms with Crippen LogP contribution in [0.3, 0.4) is 0 Å². The molecule has 0 saturated heterocycles. The molecule has 0 fully saturated rings. The highest BCUT2D eigenvalue weighted by molar-refractivity contribution is 6.30. The highest BCUT2D eigenvalue weighted by Crippen LogP contribution is 2.16. The third-order valence-electron chi connectivity index (χ3n) is 3.53. The van der Waals surface area contributed by atoms with E-state index < -0.39 is 0 Å². The molecule has 5 nitrogen and oxygen atoms in total. The zero-order chi connectivity index (χ0) is 18.5. The minimum absolute atomic E-state index is 0.227. The van der Waals surface area contributed by atoms with Gasteiger partial charge in [-0.25, -0.2) is 14.4 Å². The number of aromatic nitrogens is 2. The lowest BCUT2D eigenvalue weighted by atomic mass is 10.2. The number of hydrogen-bond acceptors (Lipinski definition) is 4. The summed E-state index contributed by atoms with van der Waals surface area (Å²) in [6.45, 7) is 2.04. The van der Waals surface area contributed by atoms with E-state index in [0.717, 1.165) is 5.56 Å². The third kappa shape index (κ3) is 4.77. The van der Waals surface area contributed by atoms with Gasteiger partial charge in [0.25, 0.3) is 5.91 Å². The van der Waals surface area contributed by atoms with Gasteiger partial charge in [-0.1, -0.05) is 29.8 Å². The smallest absolute Gasteiger partial charge is 0.270 e. The fourth-order valence-electron chi connectivity index (χ4n) is 2.34. The lowest BCUT2D eigenvalue weighted by Gasteiger charge is -2.09. The maximum atomic E-state index is 13.3. The predicted octanol–water partition coefficient (Wildman–Crippen LogP) is 4.25. The predicted molar refractivity (Wildman–Crippen MR) is 99.1 cm³/mol. The van der Waals surface area contributed by atoms with Crippen LogP contribution in [-0.2, 0) is 6.54 Å². The van der Waals surface area contributed by atoms with E-state index in [1.165, 1.54) is 18.2 Å². The summed E-state index contributed by atoms with van der Waals surface area (Å²) in [5.74, 6) is 0.164. The number of hydrogen-bond donors (Lipinski definition) is 2. The van der Waals surface area contributed by atoms with Gasteiger partial charge in [-0.15, -0.1) is 0 Å². The van der Waals surface area contributed by atoms with E-state index >= 15 is 0 Å². The Bertz CT molecular complexity index is 931. The maximum absolute atomic E-state index is 13.3. The van der Waals surface area contributed by atoms with Gasteiger partial charge in [-0.3, -0.25) is 4.79 Å². The molecule has 0 saturated carbocycles. The van der Waals surface area contributed by atoms with Gasteiger partial charge in [0.1, 0.15) is 23.2 Å². The topological polar surface area (TPSA) is 66.9 Å². The van der Waals surface area contributed by atoms with Gasteiger partial charge in [-0.05, 0) is 42.8 Å². The molecule has 3 rings (SSSR count). The van der Waals surface area contributed by atoms with Crippen molar-refractivity contribution in [3.8, 4) is 0 Å². The van der Waals surface area contributed by atoms with Gasteiger partial charge in [0, 0.05) is 23.3 Å². The van der Waals surface area contributed by atoms with E-state index in [2.05, 4.69) is 20.6 Å². The van der Waals surface area contributed by atoms with Gasteiger partial charge in [0.2, 0.25) is 0 Å². The summed E-state index contributed by atoms with van der Waals surface area (Å²) in [5.41, 5.74) is 1.69. The van der Waals surface area contributed by atoms with Crippen molar-refractivity contribution >= 4 is 29.0 Å². The lowest BCUT2D eigenvalue weighted by Crippen LogP contribution is -2.24. The number of anilines is 2. The molecule has 132 valence electrons. The van der Waals surface area contributed by atoms with E-state index in [1.54, 1.807) is 31.2 Å². The molecule has 0 bridgehead atoms. The SMILES string of the molecule is Cc1nc(Nc2cccc(F)c2)cc(C(=O)NCc2ccc(Cl)cc2)n1. The average Bonchev–Trinajstić information content (AvgIpc) is 2.60. The Morgan fingerprint density at radius 2 is 1.88 bits per heavy atom. The van der Waals surface area contributed by atoms with Crippen molar-refractivity contribution in [2.45, 2.75) is 13.5 Å². The van der Waals surface area contributed by atoms with Crippen LogP contribution in [0.4, 0.5) is 15.9 Å². The lowest BCUT2D eigenvalue weighted by molar-refractivity contribution is 0.0945. The molecular formula is C19H16ClFN4O. The summed E-state index contributed by atoms with van der Waals surface area (Å²) in [4.78, 5) is 20.8. The Morgan fingerprint density at radius 1 is 1.12 bits per heavy atom. The van der Waals surface area contributed by atoms with Crippen LogP contribution in [0.2, 0.25) is 5.02 Å². The zero-order valence-electron chi connectivity index (χ0n) is 14.0. The largest absolute Gasteiger partial charge is 0.347 e. The van der Waals surface area contributed by atoms with Crippen molar-refractivity contribution in [3.63, 3.8) is 0 Å². The molecule has 0 spiro atoms. The zero-order valence-corrected chi connectivity index (χ0v) is 14.7. The minimum atomic E-state index is -0.360. The normalized spacial score (nSPS) is 10.4. The number of halogens is 2. The van der Waals surface area contributed by atoms with Crippen molar-refractivity contribution in [2.75, 3.05) is 5.32 Å². The first-order valence-electron chi connectivity index (χ1n) is 7.90. The van der Waals surface area contributed by atoms with Crippen molar-refractivity contribution in [1.82, 2.24) is 15.3 Å². The molecule has 0 aliphatic carbocycles. The average molecular weight is 371 g/mol. The Hall–Kier alpha value is -2.99. The van der Waals surface area contributed by atoms with E-state index in [4.69, 9.17) is 11.6 Å². The Morgan fingerprint density at radius 3 is 2.62 bits per heavy atom. The molecule has 7 heteroatoms. The monoisotopic (exact) mass is 370 g/mol. The highest BCUT2D eigenvalue weighted by atomic mass is 35.5. The van der Waals surface area contributed by atoms with Crippen molar-refractivity contribution in [3.05, 3.63) is 82.5 Å². The van der Waals surface area contributed by atoms with Crippen LogP contribution in [0.1, 0.15) is 21.9 Å². The molecule has 0 aliphatic heterocycles. The molecule has 3 aromatic rings. The number of carbonyl (C=O) groups excluding carboxylic acids is 1. The second-order valence-electron chi connectivity index (χ2n) is 5.63. The first-order chi connectivity index (χ1) is 12.5. The molecule has 2 N–H and O–H groups in total. The molecule has 1 amide bonds. The highest BCUT2D eigenvalue weighted by Gasteiger charge is 2.11. The number of nitrogens with one attached hydrogen (secondary N) is 2. The van der Waals surface area contributed by atoms with Crippen LogP contribution in [0.25, 0.3) is 0 Å². The summed E-state index contributed by atoms with van der Waals surface area (Å²) < 4.78 is 13.3. The Balaban J connectivity index is 1.71. The van der Waals surface area contributed by atoms with Crippen molar-refractivity contribution in [1.29, 1.82) is 0 Å². The fraction of sp³-hybridized carbons (Fsp3) is 0.105. The van der Waals surface area contributed by atoms with Gasteiger partial charge >= 0.3 is 0 Å².